The van der Waals surface area contributed by atoms with Gasteiger partial charge in [-0.05, 0) is 73.9 Å². The van der Waals surface area contributed by atoms with Crippen LogP contribution in [0, 0.1) is 11.8 Å². The number of rotatable bonds is 34. The molecule has 1 fully saturated rings. The Morgan fingerprint density at radius 2 is 0.844 bits per heavy atom. The van der Waals surface area contributed by atoms with Gasteiger partial charge in [-0.25, -0.2) is 18.6 Å². The Hall–Kier alpha value is -4.98. The fourth-order valence-electron chi connectivity index (χ4n) is 7.91. The minimum Gasteiger partial charge on any atom is -0.497 e. The van der Waals surface area contributed by atoms with Crippen molar-refractivity contribution in [3.63, 3.8) is 0 Å². The van der Waals surface area contributed by atoms with Crippen LogP contribution in [0.25, 0.3) is 0 Å². The lowest BCUT2D eigenvalue weighted by Crippen LogP contribution is -2.60. The second-order valence-electron chi connectivity index (χ2n) is 16.4. The van der Waals surface area contributed by atoms with E-state index in [-0.39, 0.29) is 100 Å². The van der Waals surface area contributed by atoms with Crippen LogP contribution >= 0.6 is 0 Å². The van der Waals surface area contributed by atoms with Crippen molar-refractivity contribution in [2.45, 2.75) is 38.5 Å². The summed E-state index contributed by atoms with van der Waals surface area (Å²) < 4.78 is 31.7. The molecule has 356 valence electrons. The molecule has 0 N–H and O–H groups in total. The SMILES string of the molecule is COCC[N+](C=O)(CCOC)CN(CN(C=O)CCc1ccc(OC)cc1)C(=O)[C@H]1CC[C@H](C(=O)N(CN(C=O)CCc2ccc(OC)cc2)C[N+](C=O)(CCOC)CCOC)CC1. The zero-order chi connectivity index (χ0) is 46.8. The summed E-state index contributed by atoms with van der Waals surface area (Å²) in [6.45, 7) is 2.67. The fraction of sp³-hybridized carbons (Fsp3) is 0.609. The van der Waals surface area contributed by atoms with Crippen LogP contribution < -0.4 is 9.47 Å². The zero-order valence-electron chi connectivity index (χ0n) is 38.8. The maximum atomic E-state index is 14.7. The Morgan fingerprint density at radius 3 is 1.09 bits per heavy atom. The Bertz CT molecular complexity index is 1550. The molecule has 3 rings (SSSR count). The molecule has 0 spiro atoms. The van der Waals surface area contributed by atoms with Gasteiger partial charge in [-0.3, -0.25) is 29.0 Å². The number of amides is 6. The summed E-state index contributed by atoms with van der Waals surface area (Å²) in [6.07, 6.45) is 5.59. The quantitative estimate of drug-likeness (QED) is 0.0572. The van der Waals surface area contributed by atoms with Gasteiger partial charge in [0.15, 0.2) is 13.3 Å². The van der Waals surface area contributed by atoms with Gasteiger partial charge in [0.05, 0.1) is 40.6 Å². The first kappa shape index (κ1) is 53.4. The first-order valence-electron chi connectivity index (χ1n) is 21.8. The van der Waals surface area contributed by atoms with Crippen molar-refractivity contribution in [1.82, 2.24) is 19.6 Å². The summed E-state index contributed by atoms with van der Waals surface area (Å²) in [4.78, 5) is 86.3. The second kappa shape index (κ2) is 28.7. The molecule has 1 aliphatic carbocycles. The van der Waals surface area contributed by atoms with Gasteiger partial charge in [-0.1, -0.05) is 24.3 Å². The molecule has 2 aromatic carbocycles. The summed E-state index contributed by atoms with van der Waals surface area (Å²) >= 11 is 0. The normalized spacial score (nSPS) is 15.2. The molecule has 0 radical (unpaired) electrons. The largest absolute Gasteiger partial charge is 0.497 e. The van der Waals surface area contributed by atoms with Crippen LogP contribution in [-0.2, 0) is 60.6 Å². The fourth-order valence-corrected chi connectivity index (χ4v) is 7.91. The van der Waals surface area contributed by atoms with Crippen LogP contribution in [0.15, 0.2) is 48.5 Å². The highest BCUT2D eigenvalue weighted by atomic mass is 16.5. The lowest BCUT2D eigenvalue weighted by molar-refractivity contribution is -0.856. The highest BCUT2D eigenvalue weighted by Crippen LogP contribution is 2.32. The molecule has 1 aliphatic rings. The molecule has 0 heterocycles. The highest BCUT2D eigenvalue weighted by molar-refractivity contribution is 5.81. The third-order valence-corrected chi connectivity index (χ3v) is 12.1. The van der Waals surface area contributed by atoms with Gasteiger partial charge in [-0.2, -0.15) is 0 Å². The van der Waals surface area contributed by atoms with E-state index >= 15 is 0 Å². The van der Waals surface area contributed by atoms with Crippen molar-refractivity contribution in [3.8, 4) is 11.5 Å². The van der Waals surface area contributed by atoms with E-state index in [4.69, 9.17) is 28.4 Å². The van der Waals surface area contributed by atoms with Crippen molar-refractivity contribution < 1.29 is 66.2 Å². The van der Waals surface area contributed by atoms with Crippen LogP contribution in [0.4, 0.5) is 0 Å². The van der Waals surface area contributed by atoms with Gasteiger partial charge in [0.25, 0.3) is 0 Å². The number of ether oxygens (including phenoxy) is 6. The summed E-state index contributed by atoms with van der Waals surface area (Å²) in [7, 11) is 9.36. The van der Waals surface area contributed by atoms with E-state index in [0.29, 0.717) is 75.9 Å². The second-order valence-corrected chi connectivity index (χ2v) is 16.4. The number of nitrogens with zero attached hydrogens (tertiary/aromatic N) is 6. The first-order valence-corrected chi connectivity index (χ1v) is 21.8. The Balaban J connectivity index is 1.87. The maximum Gasteiger partial charge on any atom is 0.303 e. The van der Waals surface area contributed by atoms with Crippen molar-refractivity contribution in [2.75, 3.05) is 135 Å². The number of hydrogen-bond acceptors (Lipinski definition) is 12. The lowest BCUT2D eigenvalue weighted by Gasteiger charge is -2.41. The van der Waals surface area contributed by atoms with Crippen LogP contribution in [0.3, 0.4) is 0 Å². The average molecular weight is 901 g/mol. The molecule has 0 atom stereocenters. The first-order chi connectivity index (χ1) is 31.0. The number of hydrogen-bond donors (Lipinski definition) is 0. The standard InChI is InChI=1S/C46H72N6O12/c1-59-27-23-51(37-55,24-28-60-2)33-49(31-47(35-53)21-19-39-7-15-43(63-5)16-8-39)45(57)41-11-13-42(14-12-41)46(58)50(34-52(38-56,25-29-61-3)26-30-62-4)32-48(36-54)22-20-40-9-17-44(64-6)18-10-40/h7-10,15-18,35-38,41-42H,11-14,19-34H2,1-6H3/q+2/t41-,42-. The minimum absolute atomic E-state index is 0.0126. The van der Waals surface area contributed by atoms with E-state index in [1.807, 2.05) is 48.5 Å². The summed E-state index contributed by atoms with van der Waals surface area (Å²) in [5.41, 5.74) is 1.96. The van der Waals surface area contributed by atoms with Gasteiger partial charge < -0.3 is 38.2 Å². The molecule has 0 aromatic heterocycles. The lowest BCUT2D eigenvalue weighted by atomic mass is 9.80. The van der Waals surface area contributed by atoms with Crippen LogP contribution in [0.2, 0.25) is 0 Å². The molecule has 0 unspecified atom stereocenters. The average Bonchev–Trinajstić information content (AvgIpc) is 3.34. The third-order valence-electron chi connectivity index (χ3n) is 12.1. The molecular weight excluding hydrogens is 829 g/mol. The molecule has 18 nitrogen and oxygen atoms in total. The number of carbonyl (C=O) groups is 6. The van der Waals surface area contributed by atoms with Crippen molar-refractivity contribution in [1.29, 1.82) is 0 Å². The smallest absolute Gasteiger partial charge is 0.303 e. The van der Waals surface area contributed by atoms with Crippen LogP contribution in [-0.4, -0.2) is 201 Å². The van der Waals surface area contributed by atoms with Gasteiger partial charge >= 0.3 is 12.8 Å². The molecular formula is C46H72N6O12+2. The zero-order valence-corrected chi connectivity index (χ0v) is 38.8. The minimum atomic E-state index is -0.491. The summed E-state index contributed by atoms with van der Waals surface area (Å²) in [5.74, 6) is 0.00548. The monoisotopic (exact) mass is 901 g/mol. The van der Waals surface area contributed by atoms with Crippen LogP contribution in [0.5, 0.6) is 11.5 Å². The van der Waals surface area contributed by atoms with E-state index in [9.17, 15) is 28.8 Å². The van der Waals surface area contributed by atoms with Crippen molar-refractivity contribution in [3.05, 3.63) is 59.7 Å². The molecule has 0 aliphatic heterocycles. The van der Waals surface area contributed by atoms with E-state index in [0.717, 1.165) is 23.9 Å². The number of quaternary nitrogens is 2. The van der Waals surface area contributed by atoms with Crippen molar-refractivity contribution >= 4 is 37.5 Å². The molecule has 6 amide bonds. The van der Waals surface area contributed by atoms with E-state index in [2.05, 4.69) is 0 Å². The maximum absolute atomic E-state index is 14.7. The van der Waals surface area contributed by atoms with Gasteiger partial charge in [0, 0.05) is 53.4 Å². The molecule has 18 heteroatoms. The van der Waals surface area contributed by atoms with E-state index in [1.165, 1.54) is 9.80 Å². The molecule has 1 saturated carbocycles. The van der Waals surface area contributed by atoms with Gasteiger partial charge in [0.2, 0.25) is 24.6 Å². The highest BCUT2D eigenvalue weighted by Gasteiger charge is 2.40. The summed E-state index contributed by atoms with van der Waals surface area (Å²) in [5, 5.41) is 0. The van der Waals surface area contributed by atoms with E-state index in [1.54, 1.807) is 52.5 Å². The van der Waals surface area contributed by atoms with Gasteiger partial charge in [-0.15, -0.1) is 0 Å². The predicted octanol–water partition coefficient (Wildman–Crippen LogP) is 2.23. The predicted molar refractivity (Wildman–Crippen MR) is 237 cm³/mol. The third kappa shape index (κ3) is 16.9. The number of benzene rings is 2. The van der Waals surface area contributed by atoms with E-state index < -0.39 is 11.8 Å². The Morgan fingerprint density at radius 1 is 0.531 bits per heavy atom. The number of carbonyl (C=O) groups excluding carboxylic acids is 6. The molecule has 64 heavy (non-hydrogen) atoms. The topological polar surface area (TPSA) is 171 Å². The Labute approximate surface area is 379 Å². The Kier molecular flexibility index (Phi) is 24.0. The number of methoxy groups -OCH3 is 6. The van der Waals surface area contributed by atoms with Crippen molar-refractivity contribution in [2.24, 2.45) is 11.8 Å². The van der Waals surface area contributed by atoms with Crippen LogP contribution in [0.1, 0.15) is 36.8 Å². The summed E-state index contributed by atoms with van der Waals surface area (Å²) in [6, 6.07) is 15.1. The molecule has 2 aromatic rings. The molecule has 0 bridgehead atoms. The van der Waals surface area contributed by atoms with Gasteiger partial charge in [0.1, 0.15) is 51.0 Å². The molecule has 0 saturated heterocycles.